The minimum absolute atomic E-state index is 0. The van der Waals surface area contributed by atoms with Crippen LogP contribution >= 0.6 is 0 Å². The molecule has 0 amide bonds. The van der Waals surface area contributed by atoms with Gasteiger partial charge in [-0.15, -0.1) is 11.5 Å². The van der Waals surface area contributed by atoms with Gasteiger partial charge in [-0.2, -0.15) is 0 Å². The molecule has 35 heavy (non-hydrogen) atoms. The Hall–Kier alpha value is -0.700. The molecule has 0 bridgehead atoms. The van der Waals surface area contributed by atoms with Crippen LogP contribution in [0.2, 0.25) is 0 Å². The van der Waals surface area contributed by atoms with Gasteiger partial charge in [0, 0.05) is 0 Å². The Bertz CT molecular complexity index is 620. The molecule has 0 radical (unpaired) electrons. The Balaban J connectivity index is 0.000000642. The van der Waals surface area contributed by atoms with Crippen LogP contribution in [0.3, 0.4) is 0 Å². The maximum Gasteiger partial charge on any atom is 2.00 e. The summed E-state index contributed by atoms with van der Waals surface area (Å²) in [5, 5.41) is 21.8. The fourth-order valence-electron chi connectivity index (χ4n) is 4.24. The molecule has 0 atom stereocenters. The Morgan fingerprint density at radius 3 is 0.943 bits per heavy atom. The molecule has 0 N–H and O–H groups in total. The minimum Gasteiger partial charge on any atom is -0.872 e. The molecule has 0 spiro atoms. The largest absolute Gasteiger partial charge is 2.00 e. The minimum atomic E-state index is 0. The second-order valence-electron chi connectivity index (χ2n) is 9.74. The van der Waals surface area contributed by atoms with E-state index < -0.39 is 0 Å². The van der Waals surface area contributed by atoms with E-state index in [2.05, 4.69) is 13.8 Å². The van der Waals surface area contributed by atoms with Gasteiger partial charge in [-0.3, -0.25) is 0 Å². The summed E-state index contributed by atoms with van der Waals surface area (Å²) in [6, 6.07) is 14.5. The van der Waals surface area contributed by atoms with E-state index in [-0.39, 0.29) is 49.2 Å². The van der Waals surface area contributed by atoms with E-state index in [1.54, 1.807) is 24.3 Å². The Morgan fingerprint density at radius 2 is 0.657 bits per heavy atom. The number of hydrogen-bond acceptors (Lipinski definition) is 2. The first kappa shape index (κ1) is 34.3. The van der Waals surface area contributed by atoms with Gasteiger partial charge in [0.15, 0.2) is 0 Å². The van der Waals surface area contributed by atoms with Gasteiger partial charge in [0.2, 0.25) is 0 Å². The molecule has 0 fully saturated rings. The van der Waals surface area contributed by atoms with Crippen LogP contribution in [-0.2, 0) is 12.8 Å². The number of aryl methyl sites for hydroxylation is 2. The van der Waals surface area contributed by atoms with Crippen LogP contribution in [-0.4, -0.2) is 37.7 Å². The topological polar surface area (TPSA) is 46.1 Å². The molecule has 0 aliphatic carbocycles. The molecule has 2 rings (SSSR count). The molecular formula is C32H50CaO2. The number of hydrogen-bond donors (Lipinski definition) is 0. The molecule has 2 nitrogen and oxygen atoms in total. The normalized spacial score (nSPS) is 10.3. The van der Waals surface area contributed by atoms with Crippen molar-refractivity contribution in [2.75, 3.05) is 0 Å². The molecule has 0 aliphatic heterocycles. The van der Waals surface area contributed by atoms with Gasteiger partial charge in [0.25, 0.3) is 0 Å². The van der Waals surface area contributed by atoms with Crippen molar-refractivity contribution >= 4 is 37.7 Å². The average molecular weight is 507 g/mol. The first-order valence-electron chi connectivity index (χ1n) is 14.2. The zero-order valence-corrected chi connectivity index (χ0v) is 25.1. The molecule has 0 saturated heterocycles. The van der Waals surface area contributed by atoms with Crippen LogP contribution in [0.15, 0.2) is 48.5 Å². The van der Waals surface area contributed by atoms with Crippen molar-refractivity contribution in [3.63, 3.8) is 0 Å². The summed E-state index contributed by atoms with van der Waals surface area (Å²) in [6.45, 7) is 4.51. The van der Waals surface area contributed by atoms with Crippen LogP contribution in [0.5, 0.6) is 11.5 Å². The van der Waals surface area contributed by atoms with Crippen LogP contribution < -0.4 is 10.2 Å². The number of unbranched alkanes of at least 4 members (excludes halogenated alkanes) is 14. The summed E-state index contributed by atoms with van der Waals surface area (Å²) in [4.78, 5) is 0. The molecule has 0 heterocycles. The molecule has 0 unspecified atom stereocenters. The molecule has 0 saturated carbocycles. The summed E-state index contributed by atoms with van der Waals surface area (Å²) in [7, 11) is 0. The second-order valence-corrected chi connectivity index (χ2v) is 9.74. The third-order valence-corrected chi connectivity index (χ3v) is 6.48. The van der Waals surface area contributed by atoms with Crippen molar-refractivity contribution in [2.45, 2.75) is 129 Å². The van der Waals surface area contributed by atoms with Crippen molar-refractivity contribution in [1.82, 2.24) is 0 Å². The van der Waals surface area contributed by atoms with Gasteiger partial charge in [0.05, 0.1) is 0 Å². The van der Waals surface area contributed by atoms with E-state index in [1.165, 1.54) is 114 Å². The number of rotatable bonds is 18. The fourth-order valence-corrected chi connectivity index (χ4v) is 4.24. The molecule has 2 aromatic carbocycles. The predicted octanol–water partition coefficient (Wildman–Crippen LogP) is 8.51. The van der Waals surface area contributed by atoms with E-state index in [4.69, 9.17) is 0 Å². The maximum atomic E-state index is 10.9. The summed E-state index contributed by atoms with van der Waals surface area (Å²) < 4.78 is 0. The first-order valence-corrected chi connectivity index (χ1v) is 14.2. The van der Waals surface area contributed by atoms with E-state index >= 15 is 0 Å². The SMILES string of the molecule is CCCCCCCCCCc1ccc([O-])cc1.CCCCCCCCCCc1ccc([O-])cc1.[Ca+2]. The van der Waals surface area contributed by atoms with Crippen molar-refractivity contribution < 1.29 is 10.2 Å². The van der Waals surface area contributed by atoms with Gasteiger partial charge >= 0.3 is 37.7 Å². The monoisotopic (exact) mass is 506 g/mol. The predicted molar refractivity (Wildman–Crippen MR) is 150 cm³/mol. The fraction of sp³-hybridized carbons (Fsp3) is 0.625. The van der Waals surface area contributed by atoms with E-state index in [1.807, 2.05) is 24.3 Å². The van der Waals surface area contributed by atoms with Crippen molar-refractivity contribution in [3.8, 4) is 11.5 Å². The van der Waals surface area contributed by atoms with Gasteiger partial charge < -0.3 is 10.2 Å². The summed E-state index contributed by atoms with van der Waals surface area (Å²) >= 11 is 0. The zero-order chi connectivity index (χ0) is 24.7. The Kier molecular flexibility index (Phi) is 24.5. The number of benzene rings is 2. The van der Waals surface area contributed by atoms with Gasteiger partial charge in [-0.05, 0) is 36.8 Å². The van der Waals surface area contributed by atoms with E-state index in [0.717, 1.165) is 12.8 Å². The third-order valence-electron chi connectivity index (χ3n) is 6.48. The molecule has 3 heteroatoms. The molecule has 0 aliphatic rings. The Morgan fingerprint density at radius 1 is 0.400 bits per heavy atom. The van der Waals surface area contributed by atoms with Crippen molar-refractivity contribution in [1.29, 1.82) is 0 Å². The van der Waals surface area contributed by atoms with Crippen LogP contribution in [0.25, 0.3) is 0 Å². The standard InChI is InChI=1S/2C16H26O.Ca/c2*1-2-3-4-5-6-7-8-9-10-15-11-13-16(17)14-12-15;/h2*11-14,17H,2-10H2,1H3;/q;;+2/p-2. The zero-order valence-electron chi connectivity index (χ0n) is 22.9. The van der Waals surface area contributed by atoms with E-state index in [0.29, 0.717) is 0 Å². The summed E-state index contributed by atoms with van der Waals surface area (Å²) in [5.74, 6) is 0.231. The van der Waals surface area contributed by atoms with Gasteiger partial charge in [-0.25, -0.2) is 0 Å². The van der Waals surface area contributed by atoms with Crippen LogP contribution in [0.4, 0.5) is 0 Å². The van der Waals surface area contributed by atoms with Gasteiger partial charge in [0.1, 0.15) is 0 Å². The average Bonchev–Trinajstić information content (AvgIpc) is 2.85. The molecule has 2 aromatic rings. The quantitative estimate of drug-likeness (QED) is 0.150. The third kappa shape index (κ3) is 21.1. The van der Waals surface area contributed by atoms with Gasteiger partial charge in [-0.1, -0.05) is 152 Å². The molecule has 0 aromatic heterocycles. The maximum absolute atomic E-state index is 10.9. The molecule has 192 valence electrons. The van der Waals surface area contributed by atoms with E-state index in [9.17, 15) is 10.2 Å². The van der Waals surface area contributed by atoms with Crippen LogP contribution in [0, 0.1) is 0 Å². The van der Waals surface area contributed by atoms with Crippen LogP contribution in [0.1, 0.15) is 128 Å². The Labute approximate surface area is 246 Å². The first-order chi connectivity index (χ1) is 16.7. The second kappa shape index (κ2) is 25.0. The summed E-state index contributed by atoms with van der Waals surface area (Å²) in [5.41, 5.74) is 2.60. The summed E-state index contributed by atoms with van der Waals surface area (Å²) in [6.07, 6.45) is 24.0. The van der Waals surface area contributed by atoms with Crippen molar-refractivity contribution in [2.24, 2.45) is 0 Å². The molecular weight excluding hydrogens is 456 g/mol. The van der Waals surface area contributed by atoms with Crippen molar-refractivity contribution in [3.05, 3.63) is 59.7 Å². The smallest absolute Gasteiger partial charge is 0.872 e.